The van der Waals surface area contributed by atoms with E-state index in [1.165, 1.54) is 6.20 Å². The fourth-order valence-electron chi connectivity index (χ4n) is 2.12. The van der Waals surface area contributed by atoms with Crippen LogP contribution < -0.4 is 10.3 Å². The van der Waals surface area contributed by atoms with E-state index in [2.05, 4.69) is 4.98 Å². The molecule has 1 heterocycles. The Morgan fingerprint density at radius 1 is 1.20 bits per heavy atom. The number of rotatable bonds is 2. The molecule has 0 aliphatic heterocycles. The first-order valence-corrected chi connectivity index (χ1v) is 6.39. The van der Waals surface area contributed by atoms with Gasteiger partial charge in [-0.15, -0.1) is 0 Å². The molecule has 0 saturated heterocycles. The summed E-state index contributed by atoms with van der Waals surface area (Å²) in [4.78, 5) is 16.3. The molecule has 0 aliphatic carbocycles. The lowest BCUT2D eigenvalue weighted by molar-refractivity contribution is 0.415. The van der Waals surface area contributed by atoms with Crippen molar-refractivity contribution < 1.29 is 4.74 Å². The first kappa shape index (κ1) is 12.7. The first-order chi connectivity index (χ1) is 9.70. The topological polar surface area (TPSA) is 44.1 Å². The summed E-state index contributed by atoms with van der Waals surface area (Å²) in [6.45, 7) is 0. The summed E-state index contributed by atoms with van der Waals surface area (Å²) in [7, 11) is 1.55. The van der Waals surface area contributed by atoms with Crippen LogP contribution in [0.25, 0.3) is 16.7 Å². The molecule has 5 heteroatoms. The highest BCUT2D eigenvalue weighted by Gasteiger charge is 2.08. The second-order valence-electron chi connectivity index (χ2n) is 4.24. The number of para-hydroxylation sites is 2. The smallest absolute Gasteiger partial charge is 0.274 e. The first-order valence-electron chi connectivity index (χ1n) is 6.01. The van der Waals surface area contributed by atoms with Crippen LogP contribution in [-0.2, 0) is 0 Å². The van der Waals surface area contributed by atoms with Gasteiger partial charge >= 0.3 is 0 Å². The summed E-state index contributed by atoms with van der Waals surface area (Å²) in [5, 5.41) is 0.456. The van der Waals surface area contributed by atoms with Gasteiger partial charge in [0.05, 0.1) is 35.1 Å². The van der Waals surface area contributed by atoms with Crippen LogP contribution in [0.1, 0.15) is 0 Å². The molecule has 0 radical (unpaired) electrons. The lowest BCUT2D eigenvalue weighted by Crippen LogP contribution is -2.18. The Morgan fingerprint density at radius 3 is 2.75 bits per heavy atom. The van der Waals surface area contributed by atoms with Crippen LogP contribution >= 0.6 is 11.6 Å². The molecule has 4 nitrogen and oxygen atoms in total. The number of ether oxygens (including phenoxy) is 1. The van der Waals surface area contributed by atoms with Crippen molar-refractivity contribution in [3.8, 4) is 11.4 Å². The fraction of sp³-hybridized carbons (Fsp3) is 0.0667. The summed E-state index contributed by atoms with van der Waals surface area (Å²) in [6, 6.07) is 12.7. The van der Waals surface area contributed by atoms with E-state index < -0.39 is 0 Å². The lowest BCUT2D eigenvalue weighted by atomic mass is 10.2. The number of fused-ring (bicyclic) bond motifs is 1. The number of hydrogen-bond donors (Lipinski definition) is 0. The average molecular weight is 287 g/mol. The van der Waals surface area contributed by atoms with Crippen molar-refractivity contribution in [2.24, 2.45) is 0 Å². The summed E-state index contributed by atoms with van der Waals surface area (Å²) < 4.78 is 6.70. The molecule has 0 saturated carbocycles. The molecule has 0 bridgehead atoms. The maximum Gasteiger partial charge on any atom is 0.274 e. The van der Waals surface area contributed by atoms with E-state index in [0.29, 0.717) is 16.5 Å². The number of hydrogen-bond acceptors (Lipinski definition) is 3. The van der Waals surface area contributed by atoms with Crippen LogP contribution in [-0.4, -0.2) is 16.7 Å². The van der Waals surface area contributed by atoms with Crippen molar-refractivity contribution in [3.63, 3.8) is 0 Å². The molecule has 0 amide bonds. The molecule has 0 atom stereocenters. The largest absolute Gasteiger partial charge is 0.495 e. The van der Waals surface area contributed by atoms with E-state index >= 15 is 0 Å². The zero-order valence-electron chi connectivity index (χ0n) is 10.7. The van der Waals surface area contributed by atoms with E-state index in [9.17, 15) is 4.79 Å². The van der Waals surface area contributed by atoms with Gasteiger partial charge < -0.3 is 4.74 Å². The van der Waals surface area contributed by atoms with Gasteiger partial charge in [0, 0.05) is 0 Å². The third-order valence-electron chi connectivity index (χ3n) is 3.05. The van der Waals surface area contributed by atoms with Gasteiger partial charge in [0.15, 0.2) is 0 Å². The zero-order valence-corrected chi connectivity index (χ0v) is 11.5. The van der Waals surface area contributed by atoms with E-state index in [1.807, 2.05) is 24.3 Å². The minimum atomic E-state index is -0.204. The van der Waals surface area contributed by atoms with Gasteiger partial charge in [-0.25, -0.2) is 4.98 Å². The Balaban J connectivity index is 2.31. The van der Waals surface area contributed by atoms with Crippen molar-refractivity contribution >= 4 is 22.6 Å². The lowest BCUT2D eigenvalue weighted by Gasteiger charge is -2.11. The molecule has 0 aliphatic rings. The van der Waals surface area contributed by atoms with E-state index in [1.54, 1.807) is 29.9 Å². The predicted molar refractivity (Wildman–Crippen MR) is 78.9 cm³/mol. The molecular weight excluding hydrogens is 276 g/mol. The van der Waals surface area contributed by atoms with Crippen LogP contribution in [0.3, 0.4) is 0 Å². The molecule has 2 aromatic carbocycles. The third-order valence-corrected chi connectivity index (χ3v) is 3.35. The van der Waals surface area contributed by atoms with E-state index in [-0.39, 0.29) is 5.56 Å². The Bertz CT molecular complexity index is 843. The Morgan fingerprint density at radius 2 is 2.00 bits per heavy atom. The highest BCUT2D eigenvalue weighted by molar-refractivity contribution is 6.32. The summed E-state index contributed by atoms with van der Waals surface area (Å²) >= 11 is 6.13. The molecule has 0 unspecified atom stereocenters. The molecule has 3 aromatic rings. The third kappa shape index (κ3) is 2.04. The van der Waals surface area contributed by atoms with Gasteiger partial charge in [-0.3, -0.25) is 9.36 Å². The maximum atomic E-state index is 12.1. The molecule has 0 fully saturated rings. The van der Waals surface area contributed by atoms with E-state index in [4.69, 9.17) is 16.3 Å². The van der Waals surface area contributed by atoms with Crippen molar-refractivity contribution in [1.29, 1.82) is 0 Å². The zero-order chi connectivity index (χ0) is 14.1. The Hall–Kier alpha value is -2.33. The fourth-order valence-corrected chi connectivity index (χ4v) is 2.38. The predicted octanol–water partition coefficient (Wildman–Crippen LogP) is 3.05. The van der Waals surface area contributed by atoms with Crippen LogP contribution in [0, 0.1) is 0 Å². The van der Waals surface area contributed by atoms with Gasteiger partial charge in [-0.2, -0.15) is 0 Å². The second-order valence-corrected chi connectivity index (χ2v) is 4.65. The van der Waals surface area contributed by atoms with Crippen LogP contribution in [0.2, 0.25) is 5.02 Å². The van der Waals surface area contributed by atoms with Crippen LogP contribution in [0.5, 0.6) is 5.75 Å². The average Bonchev–Trinajstić information content (AvgIpc) is 2.47. The highest BCUT2D eigenvalue weighted by Crippen LogP contribution is 2.27. The van der Waals surface area contributed by atoms with Gasteiger partial charge in [0.1, 0.15) is 5.75 Å². The SMILES string of the molecule is COc1ccc(-n2c(=O)cnc3ccccc32)cc1Cl. The van der Waals surface area contributed by atoms with Gasteiger partial charge in [0.25, 0.3) is 5.56 Å². The van der Waals surface area contributed by atoms with Crippen molar-refractivity contribution in [3.05, 3.63) is 64.0 Å². The normalized spacial score (nSPS) is 10.7. The van der Waals surface area contributed by atoms with Crippen LogP contribution in [0.4, 0.5) is 0 Å². The number of nitrogens with zero attached hydrogens (tertiary/aromatic N) is 2. The molecule has 0 N–H and O–H groups in total. The van der Waals surface area contributed by atoms with Gasteiger partial charge in [-0.1, -0.05) is 23.7 Å². The Labute approximate surface area is 120 Å². The monoisotopic (exact) mass is 286 g/mol. The molecule has 3 rings (SSSR count). The second kappa shape index (κ2) is 4.98. The highest BCUT2D eigenvalue weighted by atomic mass is 35.5. The summed E-state index contributed by atoms with van der Waals surface area (Å²) in [5.74, 6) is 0.571. The number of halogens is 1. The Kier molecular flexibility index (Phi) is 3.16. The van der Waals surface area contributed by atoms with Crippen molar-refractivity contribution in [1.82, 2.24) is 9.55 Å². The van der Waals surface area contributed by atoms with Crippen molar-refractivity contribution in [2.75, 3.05) is 7.11 Å². The van der Waals surface area contributed by atoms with E-state index in [0.717, 1.165) is 11.0 Å². The molecule has 1 aromatic heterocycles. The quantitative estimate of drug-likeness (QED) is 0.727. The standard InChI is InChI=1S/C15H11ClN2O2/c1-20-14-7-6-10(8-11(14)16)18-13-5-3-2-4-12(13)17-9-15(18)19/h2-9H,1H3. The number of methoxy groups -OCH3 is 1. The molecule has 100 valence electrons. The molecule has 0 spiro atoms. The van der Waals surface area contributed by atoms with Gasteiger partial charge in [-0.05, 0) is 30.3 Å². The maximum absolute atomic E-state index is 12.1. The minimum Gasteiger partial charge on any atom is -0.495 e. The molecular formula is C15H11ClN2O2. The number of benzene rings is 2. The summed E-state index contributed by atoms with van der Waals surface area (Å²) in [6.07, 6.45) is 1.31. The number of aromatic nitrogens is 2. The minimum absolute atomic E-state index is 0.204. The summed E-state index contributed by atoms with van der Waals surface area (Å²) in [5.41, 5.74) is 1.96. The van der Waals surface area contributed by atoms with Crippen molar-refractivity contribution in [2.45, 2.75) is 0 Å². The molecule has 20 heavy (non-hydrogen) atoms. The van der Waals surface area contributed by atoms with Gasteiger partial charge in [0.2, 0.25) is 0 Å². The van der Waals surface area contributed by atoms with Crippen LogP contribution in [0.15, 0.2) is 53.5 Å².